The fourth-order valence-corrected chi connectivity index (χ4v) is 1.64. The van der Waals surface area contributed by atoms with Crippen molar-refractivity contribution in [2.75, 3.05) is 14.2 Å². The van der Waals surface area contributed by atoms with Crippen molar-refractivity contribution >= 4 is 0 Å². The largest absolute Gasteiger partial charge is 0.873 e. The molecule has 1 aromatic carbocycles. The molecule has 0 aliphatic carbocycles. The third kappa shape index (κ3) is 2.01. The van der Waals surface area contributed by atoms with Gasteiger partial charge in [-0.05, 0) is 17.0 Å². The van der Waals surface area contributed by atoms with E-state index in [1.807, 2.05) is 20.8 Å². The van der Waals surface area contributed by atoms with Crippen LogP contribution < -0.4 is 19.7 Å². The zero-order valence-electron chi connectivity index (χ0n) is 10.2. The Kier molecular flexibility index (Phi) is 3.21. The Morgan fingerprint density at radius 1 is 1.06 bits per heavy atom. The highest BCUT2D eigenvalue weighted by molar-refractivity contribution is 5.61. The minimum absolute atomic E-state index is 0.303. The summed E-state index contributed by atoms with van der Waals surface area (Å²) in [5.74, 6) is -0.440. The lowest BCUT2D eigenvalue weighted by Crippen LogP contribution is -2.18. The fourth-order valence-electron chi connectivity index (χ4n) is 1.64. The summed E-state index contributed by atoms with van der Waals surface area (Å²) in [6.07, 6.45) is 0. The van der Waals surface area contributed by atoms with E-state index in [9.17, 15) is 10.2 Å². The summed E-state index contributed by atoms with van der Waals surface area (Å²) in [7, 11) is 2.89. The van der Waals surface area contributed by atoms with E-state index in [4.69, 9.17) is 9.47 Å². The van der Waals surface area contributed by atoms with Gasteiger partial charge in [-0.3, -0.25) is 0 Å². The average molecular weight is 224 g/mol. The Hall–Kier alpha value is -1.58. The van der Waals surface area contributed by atoms with Gasteiger partial charge < -0.3 is 19.7 Å². The fraction of sp³-hybridized carbons (Fsp3) is 0.500. The van der Waals surface area contributed by atoms with Crippen molar-refractivity contribution in [3.8, 4) is 23.0 Å². The Balaban J connectivity index is 3.60. The molecule has 0 amide bonds. The van der Waals surface area contributed by atoms with Crippen LogP contribution in [0.3, 0.4) is 0 Å². The molecule has 0 aromatic heterocycles. The molecule has 0 heterocycles. The molecular formula is C12H16O4-2. The molecule has 0 fully saturated rings. The first-order chi connectivity index (χ1) is 7.32. The first kappa shape index (κ1) is 12.5. The Labute approximate surface area is 95.4 Å². The maximum atomic E-state index is 11.8. The maximum absolute atomic E-state index is 11.8. The van der Waals surface area contributed by atoms with Gasteiger partial charge in [-0.2, -0.15) is 0 Å². The predicted octanol–water partition coefficient (Wildman–Crippen LogP) is 1.15. The van der Waals surface area contributed by atoms with Crippen molar-refractivity contribution in [2.45, 2.75) is 26.2 Å². The topological polar surface area (TPSA) is 64.6 Å². The number of hydrogen-bond donors (Lipinski definition) is 0. The highest BCUT2D eigenvalue weighted by atomic mass is 16.5. The number of ether oxygens (including phenoxy) is 2. The van der Waals surface area contributed by atoms with Crippen LogP contribution in [-0.4, -0.2) is 14.2 Å². The van der Waals surface area contributed by atoms with Gasteiger partial charge >= 0.3 is 0 Å². The zero-order valence-corrected chi connectivity index (χ0v) is 10.2. The monoisotopic (exact) mass is 224 g/mol. The third-order valence-electron chi connectivity index (χ3n) is 2.34. The van der Waals surface area contributed by atoms with Crippen LogP contribution in [0.25, 0.3) is 0 Å². The molecule has 0 atom stereocenters. The Morgan fingerprint density at radius 2 is 1.62 bits per heavy atom. The SMILES string of the molecule is COc1cc([O-])c([O-])c(C(C)(C)C)c1OC. The van der Waals surface area contributed by atoms with Crippen molar-refractivity contribution in [1.29, 1.82) is 0 Å². The van der Waals surface area contributed by atoms with Crippen molar-refractivity contribution in [2.24, 2.45) is 0 Å². The van der Waals surface area contributed by atoms with Crippen molar-refractivity contribution in [3.63, 3.8) is 0 Å². The average Bonchev–Trinajstić information content (AvgIpc) is 2.19. The molecule has 0 spiro atoms. The van der Waals surface area contributed by atoms with E-state index in [1.54, 1.807) is 0 Å². The first-order valence-electron chi connectivity index (χ1n) is 4.96. The molecule has 16 heavy (non-hydrogen) atoms. The molecule has 0 aliphatic heterocycles. The van der Waals surface area contributed by atoms with Crippen LogP contribution in [0.2, 0.25) is 0 Å². The smallest absolute Gasteiger partial charge is 0.163 e. The second-order valence-corrected chi connectivity index (χ2v) is 4.56. The van der Waals surface area contributed by atoms with Crippen LogP contribution in [0.1, 0.15) is 26.3 Å². The predicted molar refractivity (Wildman–Crippen MR) is 57.1 cm³/mol. The van der Waals surface area contributed by atoms with Crippen LogP contribution in [0.15, 0.2) is 6.07 Å². The van der Waals surface area contributed by atoms with Crippen LogP contribution in [0, 0.1) is 0 Å². The van der Waals surface area contributed by atoms with E-state index in [0.29, 0.717) is 17.1 Å². The summed E-state index contributed by atoms with van der Waals surface area (Å²) in [5, 5.41) is 23.3. The van der Waals surface area contributed by atoms with Gasteiger partial charge in [-0.1, -0.05) is 20.8 Å². The van der Waals surface area contributed by atoms with Crippen LogP contribution in [-0.2, 0) is 5.41 Å². The van der Waals surface area contributed by atoms with E-state index in [2.05, 4.69) is 0 Å². The van der Waals surface area contributed by atoms with Gasteiger partial charge in [0.05, 0.1) is 14.2 Å². The molecule has 1 aromatic rings. The molecule has 0 bridgehead atoms. The molecule has 0 N–H and O–H groups in total. The van der Waals surface area contributed by atoms with Crippen LogP contribution in [0.4, 0.5) is 0 Å². The lowest BCUT2D eigenvalue weighted by atomic mass is 9.85. The highest BCUT2D eigenvalue weighted by Gasteiger charge is 2.22. The summed E-state index contributed by atoms with van der Waals surface area (Å²) in [6, 6.07) is 1.16. The molecule has 0 unspecified atom stereocenters. The highest BCUT2D eigenvalue weighted by Crippen LogP contribution is 2.46. The third-order valence-corrected chi connectivity index (χ3v) is 2.34. The molecule has 0 aliphatic rings. The van der Waals surface area contributed by atoms with Gasteiger partial charge in [0, 0.05) is 0 Å². The van der Waals surface area contributed by atoms with Crippen molar-refractivity contribution < 1.29 is 19.7 Å². The van der Waals surface area contributed by atoms with Crippen molar-refractivity contribution in [3.05, 3.63) is 11.6 Å². The molecule has 4 nitrogen and oxygen atoms in total. The first-order valence-corrected chi connectivity index (χ1v) is 4.96. The minimum atomic E-state index is -0.567. The van der Waals surface area contributed by atoms with Crippen LogP contribution >= 0.6 is 0 Å². The van der Waals surface area contributed by atoms with E-state index >= 15 is 0 Å². The lowest BCUT2D eigenvalue weighted by molar-refractivity contribution is -0.318. The van der Waals surface area contributed by atoms with Gasteiger partial charge in [0.25, 0.3) is 0 Å². The summed E-state index contributed by atoms with van der Waals surface area (Å²) in [6.45, 7) is 5.56. The molecular weight excluding hydrogens is 208 g/mol. The van der Waals surface area contributed by atoms with Gasteiger partial charge in [-0.25, -0.2) is 0 Å². The van der Waals surface area contributed by atoms with Gasteiger partial charge in [-0.15, -0.1) is 11.5 Å². The molecule has 0 radical (unpaired) electrons. The van der Waals surface area contributed by atoms with E-state index < -0.39 is 16.9 Å². The van der Waals surface area contributed by atoms with Gasteiger partial charge in [0.2, 0.25) is 0 Å². The molecule has 90 valence electrons. The van der Waals surface area contributed by atoms with Gasteiger partial charge in [0.15, 0.2) is 11.5 Å². The summed E-state index contributed by atoms with van der Waals surface area (Å²) < 4.78 is 10.2. The summed E-state index contributed by atoms with van der Waals surface area (Å²) >= 11 is 0. The number of methoxy groups -OCH3 is 2. The van der Waals surface area contributed by atoms with Gasteiger partial charge in [0.1, 0.15) is 0 Å². The molecule has 1 rings (SSSR count). The Bertz CT molecular complexity index is 391. The lowest BCUT2D eigenvalue weighted by Gasteiger charge is -2.33. The zero-order chi connectivity index (χ0) is 12.5. The van der Waals surface area contributed by atoms with Crippen molar-refractivity contribution in [1.82, 2.24) is 0 Å². The summed E-state index contributed by atoms with van der Waals surface area (Å²) in [4.78, 5) is 0. The number of benzene rings is 1. The second kappa shape index (κ2) is 4.12. The second-order valence-electron chi connectivity index (χ2n) is 4.56. The normalized spacial score (nSPS) is 11.3. The van der Waals surface area contributed by atoms with E-state index in [-0.39, 0.29) is 0 Å². The summed E-state index contributed by atoms with van der Waals surface area (Å²) in [5.41, 5.74) is -0.102. The quantitative estimate of drug-likeness (QED) is 0.755. The van der Waals surface area contributed by atoms with E-state index in [1.165, 1.54) is 14.2 Å². The molecule has 4 heteroatoms. The number of rotatable bonds is 2. The molecule has 0 saturated carbocycles. The van der Waals surface area contributed by atoms with E-state index in [0.717, 1.165) is 6.07 Å². The maximum Gasteiger partial charge on any atom is 0.163 e. The number of hydrogen-bond acceptors (Lipinski definition) is 4. The standard InChI is InChI=1S/C12H18O4/c1-12(2,3)9-10(14)7(13)6-8(15-4)11(9)16-5/h6,13-14H,1-5H3/p-2. The minimum Gasteiger partial charge on any atom is -0.873 e. The molecule has 0 saturated heterocycles. The Morgan fingerprint density at radius 3 is 2.00 bits per heavy atom. The van der Waals surface area contributed by atoms with Crippen LogP contribution in [0.5, 0.6) is 23.0 Å².